The number of benzene rings is 1. The predicted molar refractivity (Wildman–Crippen MR) is 119 cm³/mol. The highest BCUT2D eigenvalue weighted by atomic mass is 35.5. The molecular weight excluding hydrogens is 443 g/mol. The zero-order valence-electron chi connectivity index (χ0n) is 15.9. The molecule has 3 aromatic rings. The van der Waals surface area contributed by atoms with Gasteiger partial charge in [0.1, 0.15) is 0 Å². The van der Waals surface area contributed by atoms with Crippen molar-refractivity contribution in [2.75, 3.05) is 0 Å². The van der Waals surface area contributed by atoms with E-state index in [-0.39, 0.29) is 12.3 Å². The summed E-state index contributed by atoms with van der Waals surface area (Å²) >= 11 is 13.6. The molecule has 0 aliphatic carbocycles. The quantitative estimate of drug-likeness (QED) is 0.504. The summed E-state index contributed by atoms with van der Waals surface area (Å²) in [7, 11) is 0. The number of nitrogens with two attached hydrogens (primary N) is 1. The Morgan fingerprint density at radius 3 is 2.57 bits per heavy atom. The molecule has 9 heteroatoms. The lowest BCUT2D eigenvalue weighted by Crippen LogP contribution is -2.38. The van der Waals surface area contributed by atoms with Gasteiger partial charge in [-0.05, 0) is 41.3 Å². The molecule has 0 aliphatic rings. The van der Waals surface area contributed by atoms with Gasteiger partial charge in [-0.15, -0.1) is 11.3 Å². The highest BCUT2D eigenvalue weighted by Gasteiger charge is 2.23. The molecule has 1 atom stereocenters. The van der Waals surface area contributed by atoms with E-state index in [0.717, 1.165) is 16.1 Å². The van der Waals surface area contributed by atoms with E-state index in [4.69, 9.17) is 28.9 Å². The number of amides is 3. The monoisotopic (exact) mass is 462 g/mol. The van der Waals surface area contributed by atoms with Crippen LogP contribution in [0.4, 0.5) is 4.79 Å². The number of carbonyl (C=O) groups excluding carboxylic acids is 2. The molecule has 2 heterocycles. The molecule has 30 heavy (non-hydrogen) atoms. The van der Waals surface area contributed by atoms with Crippen LogP contribution in [-0.4, -0.2) is 21.8 Å². The highest BCUT2D eigenvalue weighted by molar-refractivity contribution is 7.10. The molecule has 156 valence electrons. The van der Waals surface area contributed by atoms with Gasteiger partial charge >= 0.3 is 6.03 Å². The smallest absolute Gasteiger partial charge is 0.312 e. The summed E-state index contributed by atoms with van der Waals surface area (Å²) in [6, 6.07) is 13.3. The van der Waals surface area contributed by atoms with Crippen LogP contribution in [0.25, 0.3) is 0 Å². The SMILES string of the molecule is NC(=O)NC(CC(=O)N(Cc1ccc(Cl)c(Cl)c1)Cc1ccccn1)c1cccs1. The molecule has 0 spiro atoms. The zero-order valence-corrected chi connectivity index (χ0v) is 18.3. The molecule has 0 bridgehead atoms. The van der Waals surface area contributed by atoms with E-state index in [1.165, 1.54) is 11.3 Å². The number of primary amides is 1. The van der Waals surface area contributed by atoms with Crippen LogP contribution in [0, 0.1) is 0 Å². The fourth-order valence-corrected chi connectivity index (χ4v) is 4.06. The first kappa shape index (κ1) is 22.1. The van der Waals surface area contributed by atoms with E-state index >= 15 is 0 Å². The molecule has 3 rings (SSSR count). The van der Waals surface area contributed by atoms with Crippen molar-refractivity contribution < 1.29 is 9.59 Å². The van der Waals surface area contributed by atoms with Crippen molar-refractivity contribution in [3.05, 3.63) is 86.3 Å². The number of hydrogen-bond donors (Lipinski definition) is 2. The Morgan fingerprint density at radius 2 is 1.93 bits per heavy atom. The molecule has 0 aliphatic heterocycles. The first-order valence-electron chi connectivity index (χ1n) is 9.13. The number of aromatic nitrogens is 1. The lowest BCUT2D eigenvalue weighted by Gasteiger charge is -2.25. The minimum absolute atomic E-state index is 0.0671. The number of hydrogen-bond acceptors (Lipinski definition) is 4. The minimum Gasteiger partial charge on any atom is -0.352 e. The molecule has 2 aromatic heterocycles. The standard InChI is InChI=1S/C21H20Cl2N4O2S/c22-16-7-6-14(10-17(16)23)12-27(13-15-4-1-2-8-25-15)20(28)11-18(26-21(24)29)19-5-3-9-30-19/h1-10,18H,11-13H2,(H3,24,26,29). The number of urea groups is 1. The number of thiophene rings is 1. The normalized spacial score (nSPS) is 11.7. The lowest BCUT2D eigenvalue weighted by molar-refractivity contribution is -0.133. The summed E-state index contributed by atoms with van der Waals surface area (Å²) in [4.78, 5) is 31.6. The van der Waals surface area contributed by atoms with Crippen molar-refractivity contribution in [1.29, 1.82) is 0 Å². The second kappa shape index (κ2) is 10.4. The van der Waals surface area contributed by atoms with Crippen LogP contribution in [0.15, 0.2) is 60.1 Å². The van der Waals surface area contributed by atoms with E-state index in [2.05, 4.69) is 10.3 Å². The Kier molecular flexibility index (Phi) is 7.68. The Bertz CT molecular complexity index is 1000. The van der Waals surface area contributed by atoms with E-state index in [1.54, 1.807) is 23.2 Å². The molecule has 6 nitrogen and oxygen atoms in total. The fraction of sp³-hybridized carbons (Fsp3) is 0.190. The van der Waals surface area contributed by atoms with Crippen LogP contribution in [0.3, 0.4) is 0 Å². The summed E-state index contributed by atoms with van der Waals surface area (Å²) < 4.78 is 0. The molecule has 0 fully saturated rings. The van der Waals surface area contributed by atoms with Crippen molar-refractivity contribution in [2.24, 2.45) is 5.73 Å². The molecule has 3 N–H and O–H groups in total. The molecule has 0 saturated carbocycles. The van der Waals surface area contributed by atoms with E-state index < -0.39 is 12.1 Å². The number of pyridine rings is 1. The van der Waals surface area contributed by atoms with Gasteiger partial charge < -0.3 is 16.0 Å². The maximum atomic E-state index is 13.2. The van der Waals surface area contributed by atoms with Crippen LogP contribution < -0.4 is 11.1 Å². The molecule has 0 saturated heterocycles. The van der Waals surface area contributed by atoms with Gasteiger partial charge in [0, 0.05) is 17.6 Å². The first-order chi connectivity index (χ1) is 14.4. The van der Waals surface area contributed by atoms with Gasteiger partial charge in [0.15, 0.2) is 0 Å². The van der Waals surface area contributed by atoms with Crippen molar-refractivity contribution in [1.82, 2.24) is 15.2 Å². The first-order valence-corrected chi connectivity index (χ1v) is 10.8. The summed E-state index contributed by atoms with van der Waals surface area (Å²) in [6.45, 7) is 0.633. The molecule has 0 radical (unpaired) electrons. The van der Waals surface area contributed by atoms with Gasteiger partial charge in [-0.2, -0.15) is 0 Å². The molecular formula is C21H20Cl2N4O2S. The van der Waals surface area contributed by atoms with Gasteiger partial charge in [0.05, 0.1) is 34.7 Å². The van der Waals surface area contributed by atoms with E-state index in [1.807, 2.05) is 41.8 Å². The summed E-state index contributed by atoms with van der Waals surface area (Å²) in [6.07, 6.45) is 1.75. The largest absolute Gasteiger partial charge is 0.352 e. The van der Waals surface area contributed by atoms with Gasteiger partial charge in [-0.25, -0.2) is 4.79 Å². The third kappa shape index (κ3) is 6.19. The summed E-state index contributed by atoms with van der Waals surface area (Å²) in [5.74, 6) is -0.154. The number of rotatable bonds is 8. The van der Waals surface area contributed by atoms with Crippen LogP contribution in [0.5, 0.6) is 0 Å². The Labute approximate surface area is 188 Å². The van der Waals surface area contributed by atoms with Gasteiger partial charge in [0.25, 0.3) is 0 Å². The van der Waals surface area contributed by atoms with Crippen LogP contribution in [-0.2, 0) is 17.9 Å². The van der Waals surface area contributed by atoms with Crippen molar-refractivity contribution in [3.63, 3.8) is 0 Å². The molecule has 3 amide bonds. The van der Waals surface area contributed by atoms with Crippen LogP contribution in [0.1, 0.15) is 28.6 Å². The van der Waals surface area contributed by atoms with Crippen LogP contribution in [0.2, 0.25) is 10.0 Å². The number of nitrogens with one attached hydrogen (secondary N) is 1. The van der Waals surface area contributed by atoms with E-state index in [9.17, 15) is 9.59 Å². The number of nitrogens with zero attached hydrogens (tertiary/aromatic N) is 2. The topological polar surface area (TPSA) is 88.3 Å². The second-order valence-corrected chi connectivity index (χ2v) is 8.39. The number of carbonyl (C=O) groups is 2. The maximum absolute atomic E-state index is 13.2. The Hall–Kier alpha value is -2.61. The van der Waals surface area contributed by atoms with E-state index in [0.29, 0.717) is 23.1 Å². The average molecular weight is 463 g/mol. The zero-order chi connectivity index (χ0) is 21.5. The third-order valence-corrected chi connectivity index (χ3v) is 6.10. The lowest BCUT2D eigenvalue weighted by atomic mass is 10.1. The summed E-state index contributed by atoms with van der Waals surface area (Å²) in [5, 5.41) is 5.42. The van der Waals surface area contributed by atoms with Crippen LogP contribution >= 0.6 is 34.5 Å². The van der Waals surface area contributed by atoms with Crippen molar-refractivity contribution in [2.45, 2.75) is 25.6 Å². The van der Waals surface area contributed by atoms with Crippen molar-refractivity contribution >= 4 is 46.5 Å². The third-order valence-electron chi connectivity index (χ3n) is 4.37. The fourth-order valence-electron chi connectivity index (χ4n) is 2.97. The predicted octanol–water partition coefficient (Wildman–Crippen LogP) is 4.78. The molecule has 1 unspecified atom stereocenters. The summed E-state index contributed by atoms with van der Waals surface area (Å²) in [5.41, 5.74) is 6.91. The molecule has 1 aromatic carbocycles. The Balaban J connectivity index is 1.82. The van der Waals surface area contributed by atoms with Crippen molar-refractivity contribution in [3.8, 4) is 0 Å². The minimum atomic E-state index is -0.679. The van der Waals surface area contributed by atoms with Gasteiger partial charge in [-0.3, -0.25) is 9.78 Å². The number of halogens is 2. The maximum Gasteiger partial charge on any atom is 0.312 e. The highest BCUT2D eigenvalue weighted by Crippen LogP contribution is 2.26. The second-order valence-electron chi connectivity index (χ2n) is 6.60. The van der Waals surface area contributed by atoms with Gasteiger partial charge in [0.2, 0.25) is 5.91 Å². The average Bonchev–Trinajstić information content (AvgIpc) is 3.25. The van der Waals surface area contributed by atoms with Gasteiger partial charge in [-0.1, -0.05) is 41.4 Å². The Morgan fingerprint density at radius 1 is 1.10 bits per heavy atom.